The summed E-state index contributed by atoms with van der Waals surface area (Å²) in [7, 11) is 0. The Balaban J connectivity index is 1.77. The van der Waals surface area contributed by atoms with Gasteiger partial charge in [0.05, 0.1) is 11.3 Å². The fourth-order valence-electron chi connectivity index (χ4n) is 3.50. The number of pyridine rings is 1. The van der Waals surface area contributed by atoms with Crippen LogP contribution in [-0.2, 0) is 4.79 Å². The summed E-state index contributed by atoms with van der Waals surface area (Å²) in [4.78, 5) is 22.6. The predicted molar refractivity (Wildman–Crippen MR) is 120 cm³/mol. The van der Waals surface area contributed by atoms with Crippen LogP contribution >= 0.6 is 11.8 Å². The van der Waals surface area contributed by atoms with Crippen LogP contribution in [0.2, 0.25) is 0 Å². The number of thioether (sulfide) groups is 1. The first-order valence-electron chi connectivity index (χ1n) is 9.85. The third-order valence-electron chi connectivity index (χ3n) is 5.17. The SMILES string of the molecule is CCSc1nc2n(n1)C(c1ccccn1)C(C(=O)Nc1cccc(C)c1C)=C(C)N2. The quantitative estimate of drug-likeness (QED) is 0.598. The maximum atomic E-state index is 13.5. The van der Waals surface area contributed by atoms with Gasteiger partial charge < -0.3 is 10.6 Å². The van der Waals surface area contributed by atoms with E-state index in [9.17, 15) is 4.79 Å². The number of benzene rings is 1. The Morgan fingerprint density at radius 3 is 2.77 bits per heavy atom. The van der Waals surface area contributed by atoms with Gasteiger partial charge in [0.1, 0.15) is 6.04 Å². The van der Waals surface area contributed by atoms with E-state index in [1.807, 2.05) is 57.2 Å². The van der Waals surface area contributed by atoms with Gasteiger partial charge in [-0.05, 0) is 55.9 Å². The van der Waals surface area contributed by atoms with Gasteiger partial charge in [-0.15, -0.1) is 5.10 Å². The molecule has 2 aromatic heterocycles. The van der Waals surface area contributed by atoms with Crippen LogP contribution in [0.5, 0.6) is 0 Å². The van der Waals surface area contributed by atoms with E-state index >= 15 is 0 Å². The standard InChI is InChI=1S/C22H24N6OS/c1-5-30-22-26-21-24-15(4)18(19(28(21)27-22)17-10-6-7-12-23-17)20(29)25-16-11-8-9-13(2)14(16)3/h6-12,19H,5H2,1-4H3,(H,25,29)(H,24,26,27). The summed E-state index contributed by atoms with van der Waals surface area (Å²) in [5, 5.41) is 11.7. The van der Waals surface area contributed by atoms with Crippen LogP contribution in [0.3, 0.4) is 0 Å². The maximum Gasteiger partial charge on any atom is 0.255 e. The number of hydrogen-bond acceptors (Lipinski definition) is 6. The Bertz CT molecular complexity index is 1120. The van der Waals surface area contributed by atoms with E-state index < -0.39 is 6.04 Å². The zero-order chi connectivity index (χ0) is 21.3. The van der Waals surface area contributed by atoms with Gasteiger partial charge >= 0.3 is 0 Å². The summed E-state index contributed by atoms with van der Waals surface area (Å²) < 4.78 is 1.76. The molecule has 1 aromatic carbocycles. The maximum absolute atomic E-state index is 13.5. The molecule has 7 nitrogen and oxygen atoms in total. The molecule has 0 saturated carbocycles. The molecule has 3 heterocycles. The molecule has 0 spiro atoms. The van der Waals surface area contributed by atoms with Gasteiger partial charge in [0.15, 0.2) is 0 Å². The fourth-order valence-corrected chi connectivity index (χ4v) is 4.06. The minimum Gasteiger partial charge on any atom is -0.328 e. The zero-order valence-corrected chi connectivity index (χ0v) is 18.2. The van der Waals surface area contributed by atoms with Gasteiger partial charge in [0.2, 0.25) is 11.1 Å². The van der Waals surface area contributed by atoms with E-state index in [4.69, 9.17) is 0 Å². The zero-order valence-electron chi connectivity index (χ0n) is 17.4. The second kappa shape index (κ2) is 8.31. The number of carbonyl (C=O) groups is 1. The van der Waals surface area contributed by atoms with E-state index in [0.717, 1.165) is 34.0 Å². The summed E-state index contributed by atoms with van der Waals surface area (Å²) in [6, 6.07) is 11.1. The highest BCUT2D eigenvalue weighted by molar-refractivity contribution is 7.99. The summed E-state index contributed by atoms with van der Waals surface area (Å²) in [6.45, 7) is 7.98. The Labute approximate surface area is 180 Å². The number of rotatable bonds is 5. The minimum absolute atomic E-state index is 0.185. The molecular weight excluding hydrogens is 396 g/mol. The molecule has 4 rings (SSSR count). The normalized spacial score (nSPS) is 15.5. The summed E-state index contributed by atoms with van der Waals surface area (Å²) in [6.07, 6.45) is 1.73. The Morgan fingerprint density at radius 2 is 2.03 bits per heavy atom. The van der Waals surface area contributed by atoms with Crippen LogP contribution in [0.4, 0.5) is 11.6 Å². The van der Waals surface area contributed by atoms with Gasteiger partial charge in [-0.3, -0.25) is 9.78 Å². The molecule has 0 bridgehead atoms. The molecule has 0 aliphatic carbocycles. The molecule has 1 aliphatic heterocycles. The number of aromatic nitrogens is 4. The van der Waals surface area contributed by atoms with Crippen molar-refractivity contribution in [1.29, 1.82) is 0 Å². The number of nitrogens with zero attached hydrogens (tertiary/aromatic N) is 4. The van der Waals surface area contributed by atoms with Gasteiger partial charge in [-0.2, -0.15) is 4.98 Å². The molecule has 8 heteroatoms. The number of carbonyl (C=O) groups excluding carboxylic acids is 1. The molecule has 30 heavy (non-hydrogen) atoms. The highest BCUT2D eigenvalue weighted by Crippen LogP contribution is 2.36. The van der Waals surface area contributed by atoms with Crippen LogP contribution in [0.15, 0.2) is 59.0 Å². The lowest BCUT2D eigenvalue weighted by Gasteiger charge is -2.28. The number of anilines is 2. The van der Waals surface area contributed by atoms with Crippen molar-refractivity contribution in [2.75, 3.05) is 16.4 Å². The smallest absolute Gasteiger partial charge is 0.255 e. The first kappa shape index (κ1) is 20.2. The van der Waals surface area contributed by atoms with Crippen molar-refractivity contribution in [3.05, 3.63) is 70.7 Å². The van der Waals surface area contributed by atoms with Crippen molar-refractivity contribution < 1.29 is 4.79 Å². The minimum atomic E-state index is -0.466. The lowest BCUT2D eigenvalue weighted by atomic mass is 9.98. The van der Waals surface area contributed by atoms with Crippen LogP contribution in [0.25, 0.3) is 0 Å². The van der Waals surface area contributed by atoms with Crippen LogP contribution in [-0.4, -0.2) is 31.4 Å². The van der Waals surface area contributed by atoms with Crippen LogP contribution in [0.1, 0.15) is 36.7 Å². The predicted octanol–water partition coefficient (Wildman–Crippen LogP) is 4.33. The van der Waals surface area contributed by atoms with E-state index in [1.165, 1.54) is 0 Å². The number of hydrogen-bond donors (Lipinski definition) is 2. The summed E-state index contributed by atoms with van der Waals surface area (Å²) in [5.41, 5.74) is 5.02. The van der Waals surface area contributed by atoms with Crippen molar-refractivity contribution in [3.8, 4) is 0 Å². The third kappa shape index (κ3) is 3.70. The largest absolute Gasteiger partial charge is 0.328 e. The molecule has 1 atom stereocenters. The topological polar surface area (TPSA) is 84.7 Å². The molecular formula is C22H24N6OS. The van der Waals surface area contributed by atoms with Crippen molar-refractivity contribution in [1.82, 2.24) is 19.7 Å². The van der Waals surface area contributed by atoms with E-state index in [0.29, 0.717) is 16.7 Å². The van der Waals surface area contributed by atoms with Gasteiger partial charge in [0.25, 0.3) is 5.91 Å². The summed E-state index contributed by atoms with van der Waals surface area (Å²) >= 11 is 1.56. The number of fused-ring (bicyclic) bond motifs is 1. The summed E-state index contributed by atoms with van der Waals surface area (Å²) in [5.74, 6) is 1.29. The first-order chi connectivity index (χ1) is 14.5. The molecule has 1 unspecified atom stereocenters. The Morgan fingerprint density at radius 1 is 1.20 bits per heavy atom. The molecule has 1 amide bonds. The van der Waals surface area contributed by atoms with Crippen molar-refractivity contribution >= 4 is 29.3 Å². The lowest BCUT2D eigenvalue weighted by Crippen LogP contribution is -2.32. The average molecular weight is 421 g/mol. The third-order valence-corrected chi connectivity index (χ3v) is 5.89. The van der Waals surface area contributed by atoms with E-state index in [-0.39, 0.29) is 5.91 Å². The molecule has 0 radical (unpaired) electrons. The monoisotopic (exact) mass is 420 g/mol. The van der Waals surface area contributed by atoms with Crippen molar-refractivity contribution in [2.45, 2.75) is 38.9 Å². The highest BCUT2D eigenvalue weighted by atomic mass is 32.2. The second-order valence-corrected chi connectivity index (χ2v) is 8.35. The van der Waals surface area contributed by atoms with Crippen molar-refractivity contribution in [2.24, 2.45) is 0 Å². The van der Waals surface area contributed by atoms with Crippen LogP contribution in [0, 0.1) is 13.8 Å². The Kier molecular flexibility index (Phi) is 5.59. The second-order valence-electron chi connectivity index (χ2n) is 7.12. The van der Waals surface area contributed by atoms with E-state index in [1.54, 1.807) is 22.6 Å². The average Bonchev–Trinajstić information content (AvgIpc) is 3.13. The molecule has 0 saturated heterocycles. The van der Waals surface area contributed by atoms with Crippen molar-refractivity contribution in [3.63, 3.8) is 0 Å². The van der Waals surface area contributed by atoms with Crippen LogP contribution < -0.4 is 10.6 Å². The Hall–Kier alpha value is -3.13. The van der Waals surface area contributed by atoms with Gasteiger partial charge in [-0.1, -0.05) is 36.9 Å². The number of amides is 1. The number of aryl methyl sites for hydroxylation is 1. The fraction of sp³-hybridized carbons (Fsp3) is 0.273. The molecule has 0 fully saturated rings. The highest BCUT2D eigenvalue weighted by Gasteiger charge is 2.35. The molecule has 3 aromatic rings. The molecule has 154 valence electrons. The van der Waals surface area contributed by atoms with Gasteiger partial charge in [0, 0.05) is 17.6 Å². The molecule has 1 aliphatic rings. The van der Waals surface area contributed by atoms with E-state index in [2.05, 4.69) is 32.6 Å². The number of nitrogens with one attached hydrogen (secondary N) is 2. The van der Waals surface area contributed by atoms with Gasteiger partial charge in [-0.25, -0.2) is 4.68 Å². The lowest BCUT2D eigenvalue weighted by molar-refractivity contribution is -0.113. The molecule has 2 N–H and O–H groups in total. The number of allylic oxidation sites excluding steroid dienone is 1. The first-order valence-corrected chi connectivity index (χ1v) is 10.8.